The van der Waals surface area contributed by atoms with Crippen molar-refractivity contribution < 1.29 is 14.3 Å². The van der Waals surface area contributed by atoms with Crippen LogP contribution in [0.15, 0.2) is 4.42 Å². The third kappa shape index (κ3) is 1.77. The molecule has 1 aromatic heterocycles. The first-order valence-corrected chi connectivity index (χ1v) is 7.55. The van der Waals surface area contributed by atoms with Crippen LogP contribution in [-0.4, -0.2) is 44.3 Å². The SMILES string of the molecule is CCc1nnc([C@H]2C[C@@H](O)CN2C(=O)C23CC(N)(C2)C3)o1. The molecule has 0 spiro atoms. The number of nitrogens with two attached hydrogens (primary N) is 1. The molecule has 1 saturated heterocycles. The summed E-state index contributed by atoms with van der Waals surface area (Å²) >= 11 is 0. The van der Waals surface area contributed by atoms with Gasteiger partial charge in [0.15, 0.2) is 0 Å². The maximum absolute atomic E-state index is 12.8. The summed E-state index contributed by atoms with van der Waals surface area (Å²) in [6, 6.07) is -0.303. The van der Waals surface area contributed by atoms with E-state index in [1.54, 1.807) is 4.90 Å². The minimum atomic E-state index is -0.532. The first kappa shape index (κ1) is 13.2. The van der Waals surface area contributed by atoms with E-state index in [2.05, 4.69) is 10.2 Å². The van der Waals surface area contributed by atoms with E-state index in [4.69, 9.17) is 10.2 Å². The molecule has 7 heteroatoms. The largest absolute Gasteiger partial charge is 0.423 e. The molecule has 7 nitrogen and oxygen atoms in total. The average molecular weight is 292 g/mol. The predicted octanol–water partition coefficient (Wildman–Crippen LogP) is 0.148. The van der Waals surface area contributed by atoms with Gasteiger partial charge in [-0.25, -0.2) is 0 Å². The minimum Gasteiger partial charge on any atom is -0.423 e. The lowest BCUT2D eigenvalue weighted by molar-refractivity contribution is -0.185. The molecule has 114 valence electrons. The van der Waals surface area contributed by atoms with E-state index in [1.165, 1.54) is 0 Å². The Morgan fingerprint density at radius 3 is 2.76 bits per heavy atom. The van der Waals surface area contributed by atoms with Gasteiger partial charge in [0.25, 0.3) is 0 Å². The highest BCUT2D eigenvalue weighted by molar-refractivity contribution is 5.87. The monoisotopic (exact) mass is 292 g/mol. The molecule has 3 aliphatic carbocycles. The summed E-state index contributed by atoms with van der Waals surface area (Å²) in [5, 5.41) is 18.0. The molecular weight excluding hydrogens is 272 g/mol. The molecule has 0 radical (unpaired) electrons. The van der Waals surface area contributed by atoms with Gasteiger partial charge in [0.2, 0.25) is 17.7 Å². The molecule has 1 amide bonds. The summed E-state index contributed by atoms with van der Waals surface area (Å²) in [4.78, 5) is 14.5. The molecule has 2 heterocycles. The van der Waals surface area contributed by atoms with Gasteiger partial charge < -0.3 is 20.2 Å². The van der Waals surface area contributed by atoms with Crippen LogP contribution in [0.25, 0.3) is 0 Å². The maximum atomic E-state index is 12.8. The molecule has 21 heavy (non-hydrogen) atoms. The van der Waals surface area contributed by atoms with Crippen molar-refractivity contribution >= 4 is 5.91 Å². The summed E-state index contributed by atoms with van der Waals surface area (Å²) in [6.07, 6.45) is 2.89. The van der Waals surface area contributed by atoms with Gasteiger partial charge >= 0.3 is 0 Å². The first-order valence-electron chi connectivity index (χ1n) is 7.55. The number of aliphatic hydroxyl groups is 1. The second-order valence-electron chi connectivity index (χ2n) is 6.92. The van der Waals surface area contributed by atoms with Crippen LogP contribution in [0.2, 0.25) is 0 Å². The fourth-order valence-corrected chi connectivity index (χ4v) is 4.21. The van der Waals surface area contributed by atoms with Crippen molar-refractivity contribution in [3.05, 3.63) is 11.8 Å². The number of likely N-dealkylation sites (tertiary alicyclic amines) is 1. The Balaban J connectivity index is 1.56. The summed E-state index contributed by atoms with van der Waals surface area (Å²) in [5.41, 5.74) is 5.65. The van der Waals surface area contributed by atoms with Gasteiger partial charge in [0.1, 0.15) is 6.04 Å². The Morgan fingerprint density at radius 2 is 2.19 bits per heavy atom. The van der Waals surface area contributed by atoms with E-state index >= 15 is 0 Å². The van der Waals surface area contributed by atoms with E-state index in [0.717, 1.165) is 19.3 Å². The quantitative estimate of drug-likeness (QED) is 0.821. The molecule has 0 unspecified atom stereocenters. The lowest BCUT2D eigenvalue weighted by Gasteiger charge is -2.68. The second kappa shape index (κ2) is 4.04. The number of aliphatic hydroxyl groups excluding tert-OH is 1. The van der Waals surface area contributed by atoms with E-state index in [9.17, 15) is 9.90 Å². The number of nitrogens with zero attached hydrogens (tertiary/aromatic N) is 3. The topological polar surface area (TPSA) is 105 Å². The van der Waals surface area contributed by atoms with E-state index in [0.29, 0.717) is 31.2 Å². The van der Waals surface area contributed by atoms with Gasteiger partial charge in [0, 0.05) is 24.9 Å². The van der Waals surface area contributed by atoms with Gasteiger partial charge in [-0.2, -0.15) is 0 Å². The van der Waals surface area contributed by atoms with Crippen molar-refractivity contribution in [2.75, 3.05) is 6.54 Å². The average Bonchev–Trinajstić information content (AvgIpc) is 2.98. The Labute approximate surface area is 122 Å². The standard InChI is InChI=1S/C14H20N4O3/c1-2-10-16-17-11(21-10)9-3-8(19)4-18(9)12(20)13-5-14(15,6-13)7-13/h8-9,19H,2-7,15H2,1H3/t8-,9-,13?,14?/m1/s1. The third-order valence-electron chi connectivity index (χ3n) is 5.13. The summed E-state index contributed by atoms with van der Waals surface area (Å²) in [5.74, 6) is 1.09. The van der Waals surface area contributed by atoms with Crippen LogP contribution in [0.3, 0.4) is 0 Å². The highest BCUT2D eigenvalue weighted by atomic mass is 16.4. The molecular formula is C14H20N4O3. The number of carbonyl (C=O) groups is 1. The van der Waals surface area contributed by atoms with Gasteiger partial charge in [0.05, 0.1) is 11.5 Å². The summed E-state index contributed by atoms with van der Waals surface area (Å²) in [6.45, 7) is 2.28. The zero-order chi connectivity index (χ0) is 14.8. The van der Waals surface area contributed by atoms with Crippen molar-refractivity contribution in [2.45, 2.75) is 56.7 Å². The molecule has 2 atom stereocenters. The van der Waals surface area contributed by atoms with Gasteiger partial charge in [-0.05, 0) is 19.3 Å². The van der Waals surface area contributed by atoms with Crippen molar-refractivity contribution in [1.29, 1.82) is 0 Å². The number of aryl methyl sites for hydroxylation is 1. The van der Waals surface area contributed by atoms with Gasteiger partial charge in [-0.3, -0.25) is 4.79 Å². The van der Waals surface area contributed by atoms with Gasteiger partial charge in [-0.15, -0.1) is 10.2 Å². The molecule has 4 aliphatic rings. The number of carbonyl (C=O) groups excluding carboxylic acids is 1. The van der Waals surface area contributed by atoms with E-state index in [1.807, 2.05) is 6.92 Å². The van der Waals surface area contributed by atoms with Gasteiger partial charge in [-0.1, -0.05) is 6.92 Å². The minimum absolute atomic E-state index is 0.0904. The lowest BCUT2D eigenvalue weighted by Crippen LogP contribution is -2.76. The second-order valence-corrected chi connectivity index (χ2v) is 6.92. The molecule has 5 rings (SSSR count). The Bertz CT molecular complexity index is 579. The highest BCUT2D eigenvalue weighted by Gasteiger charge is 2.71. The third-order valence-corrected chi connectivity index (χ3v) is 5.13. The van der Waals surface area contributed by atoms with Crippen molar-refractivity contribution in [2.24, 2.45) is 11.1 Å². The zero-order valence-corrected chi connectivity index (χ0v) is 12.1. The van der Waals surface area contributed by atoms with Crippen LogP contribution in [0, 0.1) is 5.41 Å². The predicted molar refractivity (Wildman–Crippen MR) is 72.0 cm³/mol. The summed E-state index contributed by atoms with van der Waals surface area (Å²) in [7, 11) is 0. The zero-order valence-electron chi connectivity index (χ0n) is 12.1. The van der Waals surface area contributed by atoms with E-state index < -0.39 is 6.10 Å². The molecule has 0 aromatic carbocycles. The summed E-state index contributed by atoms with van der Waals surface area (Å²) < 4.78 is 5.59. The first-order chi connectivity index (χ1) is 9.95. The fourth-order valence-electron chi connectivity index (χ4n) is 4.21. The molecule has 1 aromatic rings. The van der Waals surface area contributed by atoms with Crippen LogP contribution in [0.1, 0.15) is 50.4 Å². The Hall–Kier alpha value is -1.47. The van der Waals surface area contributed by atoms with Crippen molar-refractivity contribution in [1.82, 2.24) is 15.1 Å². The number of amides is 1. The van der Waals surface area contributed by atoms with E-state index in [-0.39, 0.29) is 22.9 Å². The highest BCUT2D eigenvalue weighted by Crippen LogP contribution is 2.67. The number of hydrogen-bond donors (Lipinski definition) is 2. The van der Waals surface area contributed by atoms with Crippen LogP contribution >= 0.6 is 0 Å². The number of β-amino-alcohol motifs (C(OH)–C–C–N with tert-alkyl or cyclic N) is 1. The Kier molecular flexibility index (Phi) is 2.54. The Morgan fingerprint density at radius 1 is 1.48 bits per heavy atom. The molecule has 4 fully saturated rings. The van der Waals surface area contributed by atoms with Crippen LogP contribution in [-0.2, 0) is 11.2 Å². The van der Waals surface area contributed by atoms with Crippen LogP contribution in [0.5, 0.6) is 0 Å². The normalized spacial score (nSPS) is 40.8. The van der Waals surface area contributed by atoms with Crippen LogP contribution < -0.4 is 5.73 Å². The van der Waals surface area contributed by atoms with Crippen molar-refractivity contribution in [3.63, 3.8) is 0 Å². The number of hydrogen-bond acceptors (Lipinski definition) is 6. The fraction of sp³-hybridized carbons (Fsp3) is 0.786. The molecule has 1 aliphatic heterocycles. The number of rotatable bonds is 3. The molecule has 2 bridgehead atoms. The molecule has 3 N–H and O–H groups in total. The number of aromatic nitrogens is 2. The molecule has 3 saturated carbocycles. The smallest absolute Gasteiger partial charge is 0.239 e. The van der Waals surface area contributed by atoms with Crippen molar-refractivity contribution in [3.8, 4) is 0 Å². The maximum Gasteiger partial charge on any atom is 0.239 e. The van der Waals surface area contributed by atoms with Crippen LogP contribution in [0.4, 0.5) is 0 Å². The lowest BCUT2D eigenvalue weighted by atomic mass is 9.39.